The molecule has 2 amide bonds. The largest absolute Gasteiger partial charge is 0.444 e. The third-order valence-electron chi connectivity index (χ3n) is 5.88. The Morgan fingerprint density at radius 2 is 1.76 bits per heavy atom. The number of pyridine rings is 1. The van der Waals surface area contributed by atoms with Crippen molar-refractivity contribution in [3.8, 4) is 0 Å². The zero-order valence-electron chi connectivity index (χ0n) is 20.2. The predicted molar refractivity (Wildman–Crippen MR) is 145 cm³/mol. The molecule has 0 aliphatic rings. The molecule has 0 unspecified atom stereocenters. The zero-order chi connectivity index (χ0) is 26.5. The number of nitrogens with zero attached hydrogens (tertiary/aromatic N) is 2. The number of amides is 2. The summed E-state index contributed by atoms with van der Waals surface area (Å²) < 4.78 is 6.80. The molecule has 190 valence electrons. The molecule has 0 saturated heterocycles. The van der Waals surface area contributed by atoms with Crippen LogP contribution < -0.4 is 22.1 Å². The van der Waals surface area contributed by atoms with Crippen molar-refractivity contribution in [2.45, 2.75) is 13.2 Å². The number of imidazole rings is 1. The molecule has 0 fully saturated rings. The monoisotopic (exact) mass is 508 g/mol. The molecule has 0 aliphatic carbocycles. The van der Waals surface area contributed by atoms with Gasteiger partial charge in [-0.25, -0.2) is 9.59 Å². The lowest BCUT2D eigenvalue weighted by atomic mass is 10.1. The van der Waals surface area contributed by atoms with Crippen molar-refractivity contribution in [3.05, 3.63) is 118 Å². The Bertz CT molecular complexity index is 1660. The van der Waals surface area contributed by atoms with Gasteiger partial charge in [-0.3, -0.25) is 19.7 Å². The number of aromatic nitrogens is 3. The van der Waals surface area contributed by atoms with E-state index in [1.807, 2.05) is 6.07 Å². The molecule has 5 rings (SSSR count). The van der Waals surface area contributed by atoms with Crippen LogP contribution in [0.2, 0.25) is 0 Å². The summed E-state index contributed by atoms with van der Waals surface area (Å²) in [4.78, 5) is 44.2. The Labute approximate surface area is 217 Å². The first-order valence-electron chi connectivity index (χ1n) is 11.8. The van der Waals surface area contributed by atoms with E-state index in [2.05, 4.69) is 20.6 Å². The second-order valence-electron chi connectivity index (χ2n) is 8.55. The molecule has 10 heteroatoms. The summed E-state index contributed by atoms with van der Waals surface area (Å²) in [7, 11) is 0. The maximum Gasteiger partial charge on any atom is 0.411 e. The summed E-state index contributed by atoms with van der Waals surface area (Å²) in [6.45, 7) is 0.391. The molecule has 0 radical (unpaired) electrons. The van der Waals surface area contributed by atoms with Crippen molar-refractivity contribution in [1.82, 2.24) is 14.5 Å². The lowest BCUT2D eigenvalue weighted by Crippen LogP contribution is -2.17. The van der Waals surface area contributed by atoms with E-state index in [4.69, 9.17) is 10.5 Å². The molecule has 2 heterocycles. The number of carbonyl (C=O) groups excluding carboxylic acids is 2. The van der Waals surface area contributed by atoms with Crippen LogP contribution in [0.15, 0.2) is 96.1 Å². The number of nitrogen functional groups attached to an aromatic ring is 1. The highest BCUT2D eigenvalue weighted by Crippen LogP contribution is 2.20. The van der Waals surface area contributed by atoms with Crippen LogP contribution in [-0.2, 0) is 17.9 Å². The summed E-state index contributed by atoms with van der Waals surface area (Å²) in [5, 5.41) is 5.46. The van der Waals surface area contributed by atoms with E-state index in [9.17, 15) is 14.4 Å². The molecule has 0 saturated carbocycles. The van der Waals surface area contributed by atoms with Gasteiger partial charge in [0, 0.05) is 29.2 Å². The first-order chi connectivity index (χ1) is 18.5. The number of anilines is 3. The van der Waals surface area contributed by atoms with Gasteiger partial charge in [0.05, 0.1) is 29.0 Å². The minimum atomic E-state index is -0.617. The van der Waals surface area contributed by atoms with Gasteiger partial charge in [-0.1, -0.05) is 30.3 Å². The minimum absolute atomic E-state index is 0.0931. The minimum Gasteiger partial charge on any atom is -0.444 e. The van der Waals surface area contributed by atoms with Crippen LogP contribution in [0.1, 0.15) is 21.5 Å². The van der Waals surface area contributed by atoms with Crippen molar-refractivity contribution >= 4 is 40.1 Å². The van der Waals surface area contributed by atoms with Gasteiger partial charge < -0.3 is 20.8 Å². The number of benzene rings is 3. The molecule has 0 bridgehead atoms. The molecule has 38 heavy (non-hydrogen) atoms. The third-order valence-corrected chi connectivity index (χ3v) is 5.88. The molecule has 5 aromatic rings. The molecule has 0 aliphatic heterocycles. The highest BCUT2D eigenvalue weighted by Gasteiger charge is 2.12. The summed E-state index contributed by atoms with van der Waals surface area (Å²) in [6, 6.07) is 22.7. The van der Waals surface area contributed by atoms with E-state index in [0.717, 1.165) is 11.1 Å². The van der Waals surface area contributed by atoms with Crippen LogP contribution in [-0.4, -0.2) is 26.5 Å². The smallest absolute Gasteiger partial charge is 0.411 e. The Balaban J connectivity index is 1.24. The Hall–Kier alpha value is -5.38. The van der Waals surface area contributed by atoms with Crippen LogP contribution >= 0.6 is 0 Å². The number of nitrogens with one attached hydrogen (secondary N) is 3. The molecule has 5 N–H and O–H groups in total. The van der Waals surface area contributed by atoms with Crippen LogP contribution in [0.5, 0.6) is 0 Å². The number of H-pyrrole nitrogens is 1. The summed E-state index contributed by atoms with van der Waals surface area (Å²) in [5.74, 6) is -0.280. The number of rotatable bonds is 7. The number of fused-ring (bicyclic) bond motifs is 1. The molecular weight excluding hydrogens is 484 g/mol. The number of nitrogens with two attached hydrogens (primary N) is 1. The van der Waals surface area contributed by atoms with E-state index >= 15 is 0 Å². The van der Waals surface area contributed by atoms with Gasteiger partial charge in [0.25, 0.3) is 5.91 Å². The quantitative estimate of drug-likeness (QED) is 0.241. The number of ether oxygens (including phenoxy) is 1. The Kier molecular flexibility index (Phi) is 6.85. The van der Waals surface area contributed by atoms with Crippen LogP contribution in [0.25, 0.3) is 11.0 Å². The SMILES string of the molecule is Nc1ccccc1NC(=O)c1ccc(Cn2c(=O)[nH]c3cc(NC(=O)OCc4cccnc4)ccc32)cc1. The van der Waals surface area contributed by atoms with Gasteiger partial charge >= 0.3 is 11.8 Å². The fourth-order valence-corrected chi connectivity index (χ4v) is 3.93. The van der Waals surface area contributed by atoms with Gasteiger partial charge in [0.1, 0.15) is 6.61 Å². The topological polar surface area (TPSA) is 144 Å². The fraction of sp³-hybridized carbons (Fsp3) is 0.0714. The first kappa shape index (κ1) is 24.3. The second kappa shape index (κ2) is 10.7. The average molecular weight is 509 g/mol. The van der Waals surface area contributed by atoms with Crippen LogP contribution in [0.4, 0.5) is 21.9 Å². The number of hydrogen-bond acceptors (Lipinski definition) is 6. The van der Waals surface area contributed by atoms with E-state index in [-0.39, 0.29) is 18.2 Å². The van der Waals surface area contributed by atoms with Crippen molar-refractivity contribution in [2.24, 2.45) is 0 Å². The number of para-hydroxylation sites is 2. The molecule has 0 atom stereocenters. The Morgan fingerprint density at radius 3 is 2.53 bits per heavy atom. The van der Waals surface area contributed by atoms with E-state index in [1.54, 1.807) is 89.8 Å². The lowest BCUT2D eigenvalue weighted by molar-refractivity contribution is 0.102. The Morgan fingerprint density at radius 1 is 0.947 bits per heavy atom. The van der Waals surface area contributed by atoms with E-state index in [0.29, 0.717) is 40.2 Å². The van der Waals surface area contributed by atoms with Crippen molar-refractivity contribution in [1.29, 1.82) is 0 Å². The third kappa shape index (κ3) is 5.54. The zero-order valence-corrected chi connectivity index (χ0v) is 20.2. The van der Waals surface area contributed by atoms with E-state index < -0.39 is 6.09 Å². The van der Waals surface area contributed by atoms with Crippen LogP contribution in [0.3, 0.4) is 0 Å². The second-order valence-corrected chi connectivity index (χ2v) is 8.55. The van der Waals surface area contributed by atoms with Gasteiger partial charge in [0.15, 0.2) is 0 Å². The summed E-state index contributed by atoms with van der Waals surface area (Å²) in [5.41, 5.74) is 10.4. The first-order valence-corrected chi connectivity index (χ1v) is 11.8. The lowest BCUT2D eigenvalue weighted by Gasteiger charge is -2.09. The van der Waals surface area contributed by atoms with Crippen molar-refractivity contribution in [2.75, 3.05) is 16.4 Å². The number of carbonyl (C=O) groups is 2. The van der Waals surface area contributed by atoms with Crippen LogP contribution in [0, 0.1) is 0 Å². The molecular formula is C28H24N6O4. The molecule has 0 spiro atoms. The van der Waals surface area contributed by atoms with Crippen molar-refractivity contribution < 1.29 is 14.3 Å². The van der Waals surface area contributed by atoms with Crippen molar-refractivity contribution in [3.63, 3.8) is 0 Å². The highest BCUT2D eigenvalue weighted by atomic mass is 16.5. The summed E-state index contributed by atoms with van der Waals surface area (Å²) in [6.07, 6.45) is 2.65. The molecule has 3 aromatic carbocycles. The highest BCUT2D eigenvalue weighted by molar-refractivity contribution is 6.05. The molecule has 2 aromatic heterocycles. The number of aromatic amines is 1. The predicted octanol–water partition coefficient (Wildman–Crippen LogP) is 4.36. The normalized spacial score (nSPS) is 10.7. The standard InChI is InChI=1S/C28H24N6O4/c29-22-5-1-2-6-23(22)32-26(35)20-9-7-18(8-10-20)16-34-25-12-11-21(14-24(25)33-27(34)36)31-28(37)38-17-19-4-3-13-30-15-19/h1-15H,16-17,29H2,(H,31,37)(H,32,35)(H,33,36). The van der Waals surface area contributed by atoms with Gasteiger partial charge in [-0.05, 0) is 54.1 Å². The maximum absolute atomic E-state index is 12.7. The van der Waals surface area contributed by atoms with Gasteiger partial charge in [-0.15, -0.1) is 0 Å². The van der Waals surface area contributed by atoms with Gasteiger partial charge in [-0.2, -0.15) is 0 Å². The number of hydrogen-bond donors (Lipinski definition) is 4. The maximum atomic E-state index is 12.7. The molecule has 10 nitrogen and oxygen atoms in total. The fourth-order valence-electron chi connectivity index (χ4n) is 3.93. The van der Waals surface area contributed by atoms with Gasteiger partial charge in [0.2, 0.25) is 0 Å². The average Bonchev–Trinajstić information content (AvgIpc) is 3.23. The van der Waals surface area contributed by atoms with E-state index in [1.165, 1.54) is 0 Å². The summed E-state index contributed by atoms with van der Waals surface area (Å²) >= 11 is 0.